The van der Waals surface area contributed by atoms with E-state index in [0.29, 0.717) is 15.7 Å². The van der Waals surface area contributed by atoms with Crippen LogP contribution in [0.4, 0.5) is 5.13 Å². The van der Waals surface area contributed by atoms with E-state index in [0.717, 1.165) is 34.1 Å². The average molecular weight is 395 g/mol. The van der Waals surface area contributed by atoms with Gasteiger partial charge in [0.2, 0.25) is 0 Å². The number of aromatic nitrogens is 4. The third-order valence-corrected chi connectivity index (χ3v) is 5.22. The van der Waals surface area contributed by atoms with Gasteiger partial charge >= 0.3 is 0 Å². The van der Waals surface area contributed by atoms with Crippen LogP contribution in [0.2, 0.25) is 0 Å². The first-order valence-electron chi connectivity index (χ1n) is 7.88. The minimum absolute atomic E-state index is 0.289. The Morgan fingerprint density at radius 3 is 2.74 bits per heavy atom. The molecule has 0 fully saturated rings. The van der Waals surface area contributed by atoms with Crippen molar-refractivity contribution in [2.75, 3.05) is 12.4 Å². The topological polar surface area (TPSA) is 89.9 Å². The van der Waals surface area contributed by atoms with Crippen molar-refractivity contribution in [1.82, 2.24) is 19.6 Å². The highest BCUT2D eigenvalue weighted by Gasteiger charge is 2.19. The van der Waals surface area contributed by atoms with E-state index in [4.69, 9.17) is 4.74 Å². The minimum atomic E-state index is -0.289. The van der Waals surface area contributed by atoms with Gasteiger partial charge in [0.15, 0.2) is 5.13 Å². The van der Waals surface area contributed by atoms with Gasteiger partial charge in [-0.3, -0.25) is 15.1 Å². The number of nitrogens with one attached hydrogen (secondary N) is 1. The smallest absolute Gasteiger partial charge is 0.271 e. The van der Waals surface area contributed by atoms with Gasteiger partial charge in [0.25, 0.3) is 5.91 Å². The second-order valence-corrected chi connectivity index (χ2v) is 7.03. The molecule has 7 nitrogen and oxygen atoms in total. The van der Waals surface area contributed by atoms with Gasteiger partial charge in [0.1, 0.15) is 16.3 Å². The maximum atomic E-state index is 12.7. The highest BCUT2D eigenvalue weighted by Crippen LogP contribution is 2.28. The Bertz CT molecular complexity index is 1060. The second-order valence-electron chi connectivity index (χ2n) is 5.41. The Morgan fingerprint density at radius 1 is 1.15 bits per heavy atom. The zero-order valence-corrected chi connectivity index (χ0v) is 15.8. The highest BCUT2D eigenvalue weighted by molar-refractivity contribution is 7.14. The predicted molar refractivity (Wildman–Crippen MR) is 105 cm³/mol. The van der Waals surface area contributed by atoms with Gasteiger partial charge in [-0.15, -0.1) is 16.4 Å². The Kier molecular flexibility index (Phi) is 4.86. The molecule has 1 aromatic carbocycles. The molecule has 0 aliphatic carbocycles. The van der Waals surface area contributed by atoms with Crippen molar-refractivity contribution in [3.8, 4) is 28.3 Å². The Labute approximate surface area is 162 Å². The highest BCUT2D eigenvalue weighted by atomic mass is 32.1. The van der Waals surface area contributed by atoms with Crippen LogP contribution < -0.4 is 10.1 Å². The summed E-state index contributed by atoms with van der Waals surface area (Å²) in [5.41, 5.74) is 2.99. The van der Waals surface area contributed by atoms with Gasteiger partial charge in [-0.05, 0) is 47.9 Å². The number of benzene rings is 1. The molecule has 3 heterocycles. The van der Waals surface area contributed by atoms with Gasteiger partial charge < -0.3 is 4.74 Å². The number of amides is 1. The van der Waals surface area contributed by atoms with Crippen molar-refractivity contribution >= 4 is 33.9 Å². The standard InChI is InChI=1S/C18H13N5O2S2/c1-25-13-6-4-11(5-7-13)15-16(27-23-22-15)17(24)21-18-20-14(10-26-18)12-3-2-8-19-9-12/h2-10H,1H3,(H,20,21,24). The lowest BCUT2D eigenvalue weighted by Crippen LogP contribution is -2.11. The van der Waals surface area contributed by atoms with Crippen molar-refractivity contribution in [1.29, 1.82) is 0 Å². The number of thiazole rings is 1. The van der Waals surface area contributed by atoms with Crippen LogP contribution in [0.25, 0.3) is 22.5 Å². The lowest BCUT2D eigenvalue weighted by atomic mass is 10.1. The lowest BCUT2D eigenvalue weighted by molar-refractivity contribution is 0.103. The summed E-state index contributed by atoms with van der Waals surface area (Å²) in [5.74, 6) is 0.446. The number of pyridine rings is 1. The van der Waals surface area contributed by atoms with E-state index in [9.17, 15) is 4.79 Å². The third kappa shape index (κ3) is 3.69. The number of rotatable bonds is 5. The summed E-state index contributed by atoms with van der Waals surface area (Å²) in [7, 11) is 1.60. The van der Waals surface area contributed by atoms with Crippen molar-refractivity contribution in [2.24, 2.45) is 0 Å². The van der Waals surface area contributed by atoms with Crippen LogP contribution >= 0.6 is 22.9 Å². The Hall–Kier alpha value is -3.17. The first-order valence-corrected chi connectivity index (χ1v) is 9.54. The van der Waals surface area contributed by atoms with Crippen LogP contribution in [0.1, 0.15) is 9.67 Å². The number of hydrogen-bond donors (Lipinski definition) is 1. The quantitative estimate of drug-likeness (QED) is 0.550. The Balaban J connectivity index is 1.54. The monoisotopic (exact) mass is 395 g/mol. The van der Waals surface area contributed by atoms with Crippen LogP contribution in [0.15, 0.2) is 54.2 Å². The molecule has 0 aliphatic rings. The summed E-state index contributed by atoms with van der Waals surface area (Å²) in [6.45, 7) is 0. The number of anilines is 1. The molecule has 1 N–H and O–H groups in total. The Morgan fingerprint density at radius 2 is 2.00 bits per heavy atom. The van der Waals surface area contributed by atoms with Crippen LogP contribution in [-0.4, -0.2) is 32.6 Å². The molecule has 0 aliphatic heterocycles. The van der Waals surface area contributed by atoms with Crippen LogP contribution in [0, 0.1) is 0 Å². The summed E-state index contributed by atoms with van der Waals surface area (Å²) in [4.78, 5) is 21.6. The molecule has 3 aromatic heterocycles. The second kappa shape index (κ2) is 7.60. The fraction of sp³-hybridized carbons (Fsp3) is 0.0556. The number of nitrogens with zero attached hydrogens (tertiary/aromatic N) is 4. The summed E-state index contributed by atoms with van der Waals surface area (Å²) in [6.07, 6.45) is 3.44. The number of methoxy groups -OCH3 is 1. The summed E-state index contributed by atoms with van der Waals surface area (Å²) >= 11 is 2.40. The maximum Gasteiger partial charge on any atom is 0.271 e. The first kappa shape index (κ1) is 17.3. The molecule has 0 bridgehead atoms. The lowest BCUT2D eigenvalue weighted by Gasteiger charge is -2.03. The normalized spacial score (nSPS) is 10.6. The zero-order chi connectivity index (χ0) is 18.6. The van der Waals surface area contributed by atoms with Crippen molar-refractivity contribution in [2.45, 2.75) is 0 Å². The van der Waals surface area contributed by atoms with Gasteiger partial charge in [0.05, 0.1) is 12.8 Å². The van der Waals surface area contributed by atoms with Crippen molar-refractivity contribution in [3.05, 3.63) is 59.0 Å². The largest absolute Gasteiger partial charge is 0.497 e. The third-order valence-electron chi connectivity index (χ3n) is 3.74. The molecule has 9 heteroatoms. The fourth-order valence-electron chi connectivity index (χ4n) is 2.41. The molecule has 0 atom stereocenters. The van der Waals surface area contributed by atoms with E-state index in [2.05, 4.69) is 24.9 Å². The van der Waals surface area contributed by atoms with E-state index < -0.39 is 0 Å². The molecular weight excluding hydrogens is 382 g/mol. The predicted octanol–water partition coefficient (Wildman–Crippen LogP) is 3.98. The van der Waals surface area contributed by atoms with E-state index in [1.54, 1.807) is 19.5 Å². The van der Waals surface area contributed by atoms with E-state index >= 15 is 0 Å². The SMILES string of the molecule is COc1ccc(-c2nnsc2C(=O)Nc2nc(-c3cccnc3)cs2)cc1. The molecule has 0 radical (unpaired) electrons. The minimum Gasteiger partial charge on any atom is -0.497 e. The molecule has 4 rings (SSSR count). The van der Waals surface area contributed by atoms with E-state index in [1.807, 2.05) is 41.8 Å². The molecule has 0 saturated heterocycles. The molecule has 27 heavy (non-hydrogen) atoms. The molecule has 134 valence electrons. The van der Waals surface area contributed by atoms with E-state index in [1.165, 1.54) is 11.3 Å². The number of ether oxygens (including phenoxy) is 1. The number of carbonyl (C=O) groups excluding carboxylic acids is 1. The fourth-order valence-corrected chi connectivity index (χ4v) is 3.71. The van der Waals surface area contributed by atoms with Gasteiger partial charge in [-0.1, -0.05) is 4.49 Å². The summed E-state index contributed by atoms with van der Waals surface area (Å²) in [6, 6.07) is 11.1. The van der Waals surface area contributed by atoms with Gasteiger partial charge in [0, 0.05) is 28.9 Å². The molecule has 0 spiro atoms. The summed E-state index contributed by atoms with van der Waals surface area (Å²) in [5, 5.41) is 9.30. The van der Waals surface area contributed by atoms with Crippen LogP contribution in [-0.2, 0) is 0 Å². The van der Waals surface area contributed by atoms with Crippen LogP contribution in [0.3, 0.4) is 0 Å². The zero-order valence-electron chi connectivity index (χ0n) is 14.1. The molecule has 1 amide bonds. The van der Waals surface area contributed by atoms with Gasteiger partial charge in [-0.2, -0.15) is 0 Å². The van der Waals surface area contributed by atoms with Crippen LogP contribution in [0.5, 0.6) is 5.75 Å². The number of hydrogen-bond acceptors (Lipinski definition) is 8. The molecular formula is C18H13N5O2S2. The van der Waals surface area contributed by atoms with E-state index in [-0.39, 0.29) is 5.91 Å². The van der Waals surface area contributed by atoms with Crippen molar-refractivity contribution < 1.29 is 9.53 Å². The summed E-state index contributed by atoms with van der Waals surface area (Å²) < 4.78 is 9.09. The molecule has 4 aromatic rings. The maximum absolute atomic E-state index is 12.7. The number of carbonyl (C=O) groups is 1. The first-order chi connectivity index (χ1) is 13.2. The van der Waals surface area contributed by atoms with Crippen molar-refractivity contribution in [3.63, 3.8) is 0 Å². The average Bonchev–Trinajstić information content (AvgIpc) is 3.38. The molecule has 0 saturated carbocycles. The molecule has 0 unspecified atom stereocenters. The van der Waals surface area contributed by atoms with Gasteiger partial charge in [-0.25, -0.2) is 4.98 Å².